The first-order valence-electron chi connectivity index (χ1n) is 5.17. The van der Waals surface area contributed by atoms with Crippen LogP contribution in [0.3, 0.4) is 0 Å². The lowest BCUT2D eigenvalue weighted by molar-refractivity contribution is 1.23. The topological polar surface area (TPSA) is 0 Å². The van der Waals surface area contributed by atoms with Crippen LogP contribution in [0, 0.1) is 6.08 Å². The molecule has 1 radical (unpaired) electrons. The third-order valence-corrected chi connectivity index (χ3v) is 1.89. The third-order valence-electron chi connectivity index (χ3n) is 1.89. The largest absolute Gasteiger partial charge is 0.0844 e. The van der Waals surface area contributed by atoms with Gasteiger partial charge in [0.05, 0.1) is 0 Å². The van der Waals surface area contributed by atoms with Gasteiger partial charge in [0.1, 0.15) is 0 Å². The molecular weight excluding hydrogens is 168 g/mol. The molecule has 14 heavy (non-hydrogen) atoms. The van der Waals surface area contributed by atoms with E-state index in [-0.39, 0.29) is 0 Å². The van der Waals surface area contributed by atoms with Crippen molar-refractivity contribution in [2.45, 2.75) is 25.7 Å². The maximum atomic E-state index is 3.23. The van der Waals surface area contributed by atoms with Crippen molar-refractivity contribution in [3.05, 3.63) is 60.8 Å². The zero-order valence-electron chi connectivity index (χ0n) is 8.52. The zero-order chi connectivity index (χ0) is 9.90. The lowest BCUT2D eigenvalue weighted by Gasteiger charge is -1.85. The second-order valence-corrected chi connectivity index (χ2v) is 3.12. The van der Waals surface area contributed by atoms with Gasteiger partial charge >= 0.3 is 0 Å². The number of allylic oxidation sites excluding steroid dienone is 10. The fourth-order valence-corrected chi connectivity index (χ4v) is 1.15. The van der Waals surface area contributed by atoms with Crippen molar-refractivity contribution in [3.8, 4) is 0 Å². The summed E-state index contributed by atoms with van der Waals surface area (Å²) in [5.74, 6) is 0. The molecule has 0 aromatic heterocycles. The van der Waals surface area contributed by atoms with E-state index in [0.717, 1.165) is 25.7 Å². The van der Waals surface area contributed by atoms with Crippen molar-refractivity contribution in [3.63, 3.8) is 0 Å². The Morgan fingerprint density at radius 2 is 1.29 bits per heavy atom. The number of hydrogen-bond acceptors (Lipinski definition) is 0. The highest BCUT2D eigenvalue weighted by Gasteiger charge is 1.76. The molecule has 73 valence electrons. The highest BCUT2D eigenvalue weighted by Crippen LogP contribution is 1.96. The van der Waals surface area contributed by atoms with E-state index in [1.807, 2.05) is 0 Å². The molecule has 1 rings (SSSR count). The maximum absolute atomic E-state index is 3.23. The average Bonchev–Trinajstić information content (AvgIpc) is 2.22. The molecule has 0 unspecified atom stereocenters. The van der Waals surface area contributed by atoms with Gasteiger partial charge in [-0.25, -0.2) is 0 Å². The summed E-state index contributed by atoms with van der Waals surface area (Å²) in [6.07, 6.45) is 26.5. The van der Waals surface area contributed by atoms with Crippen LogP contribution in [0.25, 0.3) is 0 Å². The van der Waals surface area contributed by atoms with Crippen molar-refractivity contribution in [1.82, 2.24) is 0 Å². The Balaban J connectivity index is 2.45. The van der Waals surface area contributed by atoms with Crippen LogP contribution in [0.5, 0.6) is 0 Å². The minimum atomic E-state index is 0.928. The molecule has 0 fully saturated rings. The third kappa shape index (κ3) is 6.24. The van der Waals surface area contributed by atoms with E-state index in [1.165, 1.54) is 0 Å². The van der Waals surface area contributed by atoms with E-state index < -0.39 is 0 Å². The van der Waals surface area contributed by atoms with Crippen molar-refractivity contribution in [2.75, 3.05) is 0 Å². The minimum absolute atomic E-state index is 0.928. The summed E-state index contributed by atoms with van der Waals surface area (Å²) < 4.78 is 0. The first-order valence-corrected chi connectivity index (χ1v) is 5.17. The average molecular weight is 185 g/mol. The molecule has 0 amide bonds. The predicted molar refractivity (Wildman–Crippen MR) is 62.8 cm³/mol. The molecule has 0 atom stereocenters. The van der Waals surface area contributed by atoms with Gasteiger partial charge in [-0.15, -0.1) is 0 Å². The van der Waals surface area contributed by atoms with Crippen molar-refractivity contribution < 1.29 is 0 Å². The van der Waals surface area contributed by atoms with Gasteiger partial charge in [0.2, 0.25) is 0 Å². The summed E-state index contributed by atoms with van der Waals surface area (Å²) in [4.78, 5) is 0. The van der Waals surface area contributed by atoms with Gasteiger partial charge in [0.15, 0.2) is 0 Å². The van der Waals surface area contributed by atoms with Gasteiger partial charge in [0.25, 0.3) is 0 Å². The molecule has 0 N–H and O–H groups in total. The van der Waals surface area contributed by atoms with E-state index >= 15 is 0 Å². The molecule has 0 bridgehead atoms. The van der Waals surface area contributed by atoms with E-state index in [0.29, 0.717) is 0 Å². The lowest BCUT2D eigenvalue weighted by atomic mass is 10.2. The molecule has 0 aliphatic heterocycles. The smallest absolute Gasteiger partial charge is 0.00977 e. The van der Waals surface area contributed by atoms with Crippen LogP contribution in [0.1, 0.15) is 25.7 Å². The Kier molecular flexibility index (Phi) is 6.39. The Morgan fingerprint density at radius 3 is 2.07 bits per heavy atom. The molecule has 1 aliphatic rings. The van der Waals surface area contributed by atoms with Crippen molar-refractivity contribution >= 4 is 0 Å². The molecule has 0 aromatic rings. The highest BCUT2D eigenvalue weighted by atomic mass is 13.8. The second-order valence-electron chi connectivity index (χ2n) is 3.12. The lowest BCUT2D eigenvalue weighted by Crippen LogP contribution is -1.65. The van der Waals surface area contributed by atoms with Crippen LogP contribution in [0.2, 0.25) is 0 Å². The Hall–Kier alpha value is -1.30. The van der Waals surface area contributed by atoms with Gasteiger partial charge in [-0.05, 0) is 31.8 Å². The van der Waals surface area contributed by atoms with Crippen LogP contribution < -0.4 is 0 Å². The normalized spacial score (nSPS) is 29.7. The Labute approximate surface area is 87.0 Å². The fourth-order valence-electron chi connectivity index (χ4n) is 1.15. The quantitative estimate of drug-likeness (QED) is 0.497. The molecular formula is C14H17. The van der Waals surface area contributed by atoms with Gasteiger partial charge in [-0.1, -0.05) is 54.7 Å². The van der Waals surface area contributed by atoms with Crippen LogP contribution in [0.4, 0.5) is 0 Å². The van der Waals surface area contributed by atoms with Crippen molar-refractivity contribution in [1.29, 1.82) is 0 Å². The first-order chi connectivity index (χ1) is 7.00. The van der Waals surface area contributed by atoms with Crippen LogP contribution in [-0.4, -0.2) is 0 Å². The van der Waals surface area contributed by atoms with Gasteiger partial charge < -0.3 is 0 Å². The Morgan fingerprint density at radius 1 is 0.643 bits per heavy atom. The fraction of sp³-hybridized carbons (Fsp3) is 0.286. The molecule has 1 aliphatic carbocycles. The van der Waals surface area contributed by atoms with Gasteiger partial charge in [-0.3, -0.25) is 0 Å². The highest BCUT2D eigenvalue weighted by molar-refractivity contribution is 5.07. The summed E-state index contributed by atoms with van der Waals surface area (Å²) >= 11 is 0. The van der Waals surface area contributed by atoms with Gasteiger partial charge in [0, 0.05) is 0 Å². The summed E-state index contributed by atoms with van der Waals surface area (Å²) in [5, 5.41) is 0. The maximum Gasteiger partial charge on any atom is -0.00977 e. The van der Waals surface area contributed by atoms with E-state index in [2.05, 4.69) is 60.8 Å². The molecule has 0 saturated heterocycles. The molecule has 0 saturated carbocycles. The Bertz CT molecular complexity index is 234. The second kappa shape index (κ2) is 8.31. The summed E-state index contributed by atoms with van der Waals surface area (Å²) in [7, 11) is 0. The predicted octanol–water partition coefficient (Wildman–Crippen LogP) is 4.14. The molecule has 0 spiro atoms. The molecule has 0 aromatic carbocycles. The number of rotatable bonds is 0. The van der Waals surface area contributed by atoms with E-state index in [4.69, 9.17) is 0 Å². The number of hydrogen-bond donors (Lipinski definition) is 0. The van der Waals surface area contributed by atoms with E-state index in [9.17, 15) is 0 Å². The van der Waals surface area contributed by atoms with E-state index in [1.54, 1.807) is 0 Å². The standard InChI is InChI=1S/C14H17/c1-2-4-6-8-10-12-14-13-11-9-7-5-3-1/h1-4,7-10,13H,5-6,11-12H2/b3-1-,4-2+,9-7+,10-8+,14-13?. The van der Waals surface area contributed by atoms with Crippen LogP contribution in [-0.2, 0) is 0 Å². The summed E-state index contributed by atoms with van der Waals surface area (Å²) in [5.41, 5.74) is 0. The minimum Gasteiger partial charge on any atom is -0.0844 e. The summed E-state index contributed by atoms with van der Waals surface area (Å²) in [6, 6.07) is 0. The summed E-state index contributed by atoms with van der Waals surface area (Å²) in [6.45, 7) is 0. The molecule has 0 heteroatoms. The van der Waals surface area contributed by atoms with Crippen LogP contribution >= 0.6 is 0 Å². The first kappa shape index (κ1) is 10.8. The van der Waals surface area contributed by atoms with Crippen molar-refractivity contribution in [2.24, 2.45) is 0 Å². The monoisotopic (exact) mass is 185 g/mol. The molecule has 0 heterocycles. The van der Waals surface area contributed by atoms with Gasteiger partial charge in [-0.2, -0.15) is 0 Å². The van der Waals surface area contributed by atoms with Crippen LogP contribution in [0.15, 0.2) is 54.7 Å². The zero-order valence-corrected chi connectivity index (χ0v) is 8.52. The SMILES string of the molecule is [C]1=C/C/C=C/C/C=C\C=C\C/C=C/C/1. The molecule has 0 nitrogen and oxygen atoms in total.